The minimum Gasteiger partial charge on any atom is -0.496 e. The Kier molecular flexibility index (Phi) is 3.42. The third-order valence-electron chi connectivity index (χ3n) is 3.36. The normalized spacial score (nSPS) is 16.8. The molecule has 1 N–H and O–H groups in total. The highest BCUT2D eigenvalue weighted by molar-refractivity contribution is 5.74. The fourth-order valence-corrected chi connectivity index (χ4v) is 2.41. The molecule has 1 unspecified atom stereocenters. The third kappa shape index (κ3) is 2.44. The predicted octanol–water partition coefficient (Wildman–Crippen LogP) is 2.58. The van der Waals surface area contributed by atoms with Gasteiger partial charge in [0.25, 0.3) is 0 Å². The van der Waals surface area contributed by atoms with E-state index < -0.39 is 0 Å². The van der Waals surface area contributed by atoms with Crippen LogP contribution < -0.4 is 5.32 Å². The van der Waals surface area contributed by atoms with E-state index in [0.29, 0.717) is 0 Å². The van der Waals surface area contributed by atoms with Crippen LogP contribution in [0.3, 0.4) is 0 Å². The summed E-state index contributed by atoms with van der Waals surface area (Å²) in [6.45, 7) is 0.803. The Morgan fingerprint density at radius 1 is 1.21 bits per heavy atom. The van der Waals surface area contributed by atoms with E-state index in [1.54, 1.807) is 12.4 Å². The monoisotopic (exact) mass is 255 g/mol. The summed E-state index contributed by atoms with van der Waals surface area (Å²) in [6, 6.07) is 6.25. The summed E-state index contributed by atoms with van der Waals surface area (Å²) in [6.07, 6.45) is 7.79. The quantitative estimate of drug-likeness (QED) is 0.915. The van der Waals surface area contributed by atoms with Gasteiger partial charge in [0.15, 0.2) is 0 Å². The van der Waals surface area contributed by atoms with Gasteiger partial charge in [-0.2, -0.15) is 0 Å². The fourth-order valence-electron chi connectivity index (χ4n) is 2.41. The summed E-state index contributed by atoms with van der Waals surface area (Å²) in [4.78, 5) is 8.64. The Morgan fingerprint density at radius 2 is 2.05 bits per heavy atom. The molecule has 98 valence electrons. The number of rotatable bonds is 3. The Hall–Kier alpha value is -1.94. The van der Waals surface area contributed by atoms with E-state index in [1.807, 2.05) is 13.1 Å². The number of hydrogen-bond donors (Lipinski definition) is 1. The molecule has 0 radical (unpaired) electrons. The van der Waals surface area contributed by atoms with Crippen molar-refractivity contribution in [3.05, 3.63) is 48.0 Å². The van der Waals surface area contributed by atoms with Gasteiger partial charge in [0.2, 0.25) is 0 Å². The predicted molar refractivity (Wildman–Crippen MR) is 74.6 cm³/mol. The van der Waals surface area contributed by atoms with Gasteiger partial charge in [-0.25, -0.2) is 0 Å². The second-order valence-electron chi connectivity index (χ2n) is 4.62. The molecule has 0 bridgehead atoms. The van der Waals surface area contributed by atoms with E-state index in [4.69, 9.17) is 4.74 Å². The van der Waals surface area contributed by atoms with Gasteiger partial charge in [-0.1, -0.05) is 6.07 Å². The molecular formula is C15H17N3O. The van der Waals surface area contributed by atoms with Crippen molar-refractivity contribution < 1.29 is 4.74 Å². The van der Waals surface area contributed by atoms with Crippen LogP contribution in [-0.4, -0.2) is 23.6 Å². The molecule has 0 aliphatic carbocycles. The number of nitrogens with zero attached hydrogens (tertiary/aromatic N) is 2. The van der Waals surface area contributed by atoms with Crippen molar-refractivity contribution in [3.63, 3.8) is 0 Å². The van der Waals surface area contributed by atoms with Crippen molar-refractivity contribution in [1.29, 1.82) is 0 Å². The lowest BCUT2D eigenvalue weighted by Crippen LogP contribution is -2.22. The molecule has 0 saturated heterocycles. The second kappa shape index (κ2) is 5.36. The molecule has 19 heavy (non-hydrogen) atoms. The summed E-state index contributed by atoms with van der Waals surface area (Å²) in [7, 11) is 1.95. The van der Waals surface area contributed by atoms with Crippen molar-refractivity contribution in [2.75, 3.05) is 13.7 Å². The molecule has 1 atom stereocenters. The Balaban J connectivity index is 1.98. The lowest BCUT2D eigenvalue weighted by atomic mass is 10.0. The first-order valence-corrected chi connectivity index (χ1v) is 6.59. The molecule has 0 amide bonds. The first-order valence-electron chi connectivity index (χ1n) is 6.59. The Morgan fingerprint density at radius 3 is 2.79 bits per heavy atom. The van der Waals surface area contributed by atoms with Crippen molar-refractivity contribution in [2.24, 2.45) is 0 Å². The van der Waals surface area contributed by atoms with Gasteiger partial charge in [0.05, 0.1) is 23.7 Å². The van der Waals surface area contributed by atoms with Crippen molar-refractivity contribution in [2.45, 2.75) is 18.9 Å². The highest BCUT2D eigenvalue weighted by Crippen LogP contribution is 2.27. The smallest absolute Gasteiger partial charge is 0.113 e. The molecule has 4 nitrogen and oxygen atoms in total. The highest BCUT2D eigenvalue weighted by atomic mass is 16.5. The zero-order valence-corrected chi connectivity index (χ0v) is 11.0. The largest absolute Gasteiger partial charge is 0.496 e. The van der Waals surface area contributed by atoms with Crippen LogP contribution in [0.2, 0.25) is 0 Å². The summed E-state index contributed by atoms with van der Waals surface area (Å²) in [5.74, 6) is 1.01. The van der Waals surface area contributed by atoms with Gasteiger partial charge in [-0.05, 0) is 43.7 Å². The number of allylic oxidation sites excluding steroid dienone is 1. The zero-order chi connectivity index (χ0) is 13.1. The van der Waals surface area contributed by atoms with Crippen LogP contribution in [0.15, 0.2) is 42.4 Å². The van der Waals surface area contributed by atoms with Gasteiger partial charge in [-0.15, -0.1) is 0 Å². The van der Waals surface area contributed by atoms with Crippen molar-refractivity contribution in [3.8, 4) is 0 Å². The van der Waals surface area contributed by atoms with Crippen LogP contribution in [0.5, 0.6) is 0 Å². The standard InChI is InChI=1S/C15H17N3O/c1-16-15(14-4-2-3-9-19-14)11-5-6-12-13(10-11)18-8-7-17-12/h4-8,10,15-16H,2-3,9H2,1H3. The van der Waals surface area contributed by atoms with Crippen LogP contribution in [0, 0.1) is 0 Å². The number of ether oxygens (including phenoxy) is 1. The van der Waals surface area contributed by atoms with Crippen molar-refractivity contribution in [1.82, 2.24) is 15.3 Å². The van der Waals surface area contributed by atoms with E-state index in [2.05, 4.69) is 33.5 Å². The number of aromatic nitrogens is 2. The lowest BCUT2D eigenvalue weighted by Gasteiger charge is -2.23. The average molecular weight is 255 g/mol. The van der Waals surface area contributed by atoms with E-state index in [0.717, 1.165) is 41.8 Å². The minimum atomic E-state index is 0.0895. The average Bonchev–Trinajstić information content (AvgIpc) is 2.49. The van der Waals surface area contributed by atoms with Crippen LogP contribution in [0.4, 0.5) is 0 Å². The summed E-state index contributed by atoms with van der Waals surface area (Å²) in [5, 5.41) is 3.31. The van der Waals surface area contributed by atoms with Gasteiger partial charge >= 0.3 is 0 Å². The molecule has 0 saturated carbocycles. The number of likely N-dealkylation sites (N-methyl/N-ethyl adjacent to an activating group) is 1. The summed E-state index contributed by atoms with van der Waals surface area (Å²) < 4.78 is 5.76. The fraction of sp³-hybridized carbons (Fsp3) is 0.333. The summed E-state index contributed by atoms with van der Waals surface area (Å²) >= 11 is 0. The van der Waals surface area contributed by atoms with Crippen molar-refractivity contribution >= 4 is 11.0 Å². The topological polar surface area (TPSA) is 47.0 Å². The molecule has 0 fully saturated rings. The number of benzene rings is 1. The van der Waals surface area contributed by atoms with Gasteiger partial charge < -0.3 is 10.1 Å². The maximum atomic E-state index is 5.76. The molecule has 3 rings (SSSR count). The lowest BCUT2D eigenvalue weighted by molar-refractivity contribution is 0.169. The van der Waals surface area contributed by atoms with Crippen LogP contribution in [0.25, 0.3) is 11.0 Å². The van der Waals surface area contributed by atoms with Crippen LogP contribution in [-0.2, 0) is 4.74 Å². The minimum absolute atomic E-state index is 0.0895. The zero-order valence-electron chi connectivity index (χ0n) is 11.0. The van der Waals surface area contributed by atoms with E-state index >= 15 is 0 Å². The number of nitrogens with one attached hydrogen (secondary N) is 1. The van der Waals surface area contributed by atoms with Gasteiger partial charge in [0.1, 0.15) is 5.76 Å². The van der Waals surface area contributed by atoms with Crippen LogP contribution >= 0.6 is 0 Å². The number of hydrogen-bond acceptors (Lipinski definition) is 4. The second-order valence-corrected chi connectivity index (χ2v) is 4.62. The first-order chi connectivity index (χ1) is 9.38. The van der Waals surface area contributed by atoms with E-state index in [9.17, 15) is 0 Å². The maximum Gasteiger partial charge on any atom is 0.113 e. The molecule has 1 aliphatic heterocycles. The summed E-state index contributed by atoms with van der Waals surface area (Å²) in [5.41, 5.74) is 2.99. The van der Waals surface area contributed by atoms with Crippen LogP contribution in [0.1, 0.15) is 24.4 Å². The highest BCUT2D eigenvalue weighted by Gasteiger charge is 2.18. The van der Waals surface area contributed by atoms with E-state index in [1.165, 1.54) is 0 Å². The Labute approximate surface area is 112 Å². The van der Waals surface area contributed by atoms with Gasteiger partial charge in [0, 0.05) is 12.4 Å². The molecule has 0 spiro atoms. The maximum absolute atomic E-state index is 5.76. The molecule has 1 aliphatic rings. The van der Waals surface area contributed by atoms with Gasteiger partial charge in [-0.3, -0.25) is 9.97 Å². The first kappa shape index (κ1) is 12.1. The third-order valence-corrected chi connectivity index (χ3v) is 3.36. The Bertz CT molecular complexity index is 609. The molecule has 4 heteroatoms. The molecule has 1 aromatic carbocycles. The molecular weight excluding hydrogens is 238 g/mol. The SMILES string of the molecule is CNC(C1=CCCCO1)c1ccc2nccnc2c1. The molecule has 2 heterocycles. The molecule has 2 aromatic rings. The van der Waals surface area contributed by atoms with E-state index in [-0.39, 0.29) is 6.04 Å². The number of fused-ring (bicyclic) bond motifs is 1. The molecule has 1 aromatic heterocycles.